The van der Waals surface area contributed by atoms with Crippen molar-refractivity contribution in [3.63, 3.8) is 0 Å². The number of amides is 1. The van der Waals surface area contributed by atoms with Crippen molar-refractivity contribution in [1.82, 2.24) is 9.55 Å². The Balaban J connectivity index is 1.77. The largest absolute Gasteiger partial charge is 0.507 e. The molecule has 0 aliphatic heterocycles. The number of carbonyl (C=O) groups excluding carboxylic acids is 1. The second-order valence-electron chi connectivity index (χ2n) is 7.04. The quantitative estimate of drug-likeness (QED) is 0.460. The predicted molar refractivity (Wildman–Crippen MR) is 111 cm³/mol. The summed E-state index contributed by atoms with van der Waals surface area (Å²) in [5.74, 6) is -1.31. The molecule has 0 saturated carbocycles. The molecule has 0 radical (unpaired) electrons. The average Bonchev–Trinajstić information content (AvgIpc) is 3.15. The number of aromatic hydroxyl groups is 1. The molecule has 1 heterocycles. The van der Waals surface area contributed by atoms with Gasteiger partial charge in [0.25, 0.3) is 5.91 Å². The Hall–Kier alpha value is -3.35. The molecule has 3 N–H and O–H groups in total. The fourth-order valence-electron chi connectivity index (χ4n) is 3.41. The van der Waals surface area contributed by atoms with Crippen LogP contribution in [0.5, 0.6) is 5.75 Å². The summed E-state index contributed by atoms with van der Waals surface area (Å²) >= 11 is 0. The third-order valence-corrected chi connectivity index (χ3v) is 4.95. The number of phenols is 1. The molecule has 1 unspecified atom stereocenters. The lowest BCUT2D eigenvalue weighted by atomic mass is 10.0. The Morgan fingerprint density at radius 2 is 1.93 bits per heavy atom. The van der Waals surface area contributed by atoms with Gasteiger partial charge in [0, 0.05) is 6.20 Å². The van der Waals surface area contributed by atoms with E-state index in [9.17, 15) is 19.8 Å². The number of aromatic nitrogens is 2. The maximum absolute atomic E-state index is 12.8. The first-order valence-corrected chi connectivity index (χ1v) is 9.79. The van der Waals surface area contributed by atoms with Gasteiger partial charge in [-0.25, -0.2) is 9.78 Å². The summed E-state index contributed by atoms with van der Waals surface area (Å²) in [7, 11) is 0. The van der Waals surface area contributed by atoms with Crippen molar-refractivity contribution in [2.75, 3.05) is 5.32 Å². The number of carbonyl (C=O) groups is 2. The van der Waals surface area contributed by atoms with Gasteiger partial charge in [-0.3, -0.25) is 4.79 Å². The summed E-state index contributed by atoms with van der Waals surface area (Å²) in [6.45, 7) is 2.10. The van der Waals surface area contributed by atoms with Crippen molar-refractivity contribution in [3.05, 3.63) is 54.5 Å². The molecule has 1 amide bonds. The number of unbranched alkanes of at least 4 members (excludes halogenated alkanes) is 3. The number of hydrogen-bond acceptors (Lipinski definition) is 4. The van der Waals surface area contributed by atoms with E-state index in [2.05, 4.69) is 17.2 Å². The first-order chi connectivity index (χ1) is 14.0. The summed E-state index contributed by atoms with van der Waals surface area (Å²) in [6.07, 6.45) is 7.39. The van der Waals surface area contributed by atoms with E-state index in [0.717, 1.165) is 31.1 Å². The number of phenolic OH excluding ortho intramolecular Hbond substituents is 1. The average molecular weight is 395 g/mol. The minimum Gasteiger partial charge on any atom is -0.507 e. The number of nitrogens with zero attached hydrogens (tertiary/aromatic N) is 2. The zero-order chi connectivity index (χ0) is 20.8. The molecular weight excluding hydrogens is 370 g/mol. The van der Waals surface area contributed by atoms with Crippen LogP contribution in [-0.2, 0) is 4.79 Å². The Kier molecular flexibility index (Phi) is 6.49. The Bertz CT molecular complexity index is 1010. The van der Waals surface area contributed by atoms with Crippen molar-refractivity contribution >= 4 is 28.5 Å². The summed E-state index contributed by atoms with van der Waals surface area (Å²) in [4.78, 5) is 28.5. The number of carboxylic acid groups (broad SMARTS) is 1. The minimum atomic E-state index is -0.927. The van der Waals surface area contributed by atoms with Crippen LogP contribution in [0.15, 0.2) is 48.9 Å². The van der Waals surface area contributed by atoms with E-state index < -0.39 is 17.9 Å². The maximum atomic E-state index is 12.8. The lowest BCUT2D eigenvalue weighted by molar-refractivity contribution is -0.141. The number of nitrogens with one attached hydrogen (secondary N) is 1. The molecule has 152 valence electrons. The fourth-order valence-corrected chi connectivity index (χ4v) is 3.41. The number of fused-ring (bicyclic) bond motifs is 1. The van der Waals surface area contributed by atoms with Gasteiger partial charge < -0.3 is 20.1 Å². The molecule has 0 aliphatic rings. The van der Waals surface area contributed by atoms with Gasteiger partial charge >= 0.3 is 5.97 Å². The Morgan fingerprint density at radius 3 is 2.69 bits per heavy atom. The van der Waals surface area contributed by atoms with Gasteiger partial charge in [-0.2, -0.15) is 0 Å². The number of aliphatic carboxylic acids is 1. The fraction of sp³-hybridized carbons (Fsp3) is 0.318. The van der Waals surface area contributed by atoms with Crippen molar-refractivity contribution in [3.8, 4) is 5.75 Å². The number of anilines is 1. The summed E-state index contributed by atoms with van der Waals surface area (Å²) < 4.78 is 1.51. The maximum Gasteiger partial charge on any atom is 0.326 e. The van der Waals surface area contributed by atoms with Crippen molar-refractivity contribution in [1.29, 1.82) is 0 Å². The molecule has 29 heavy (non-hydrogen) atoms. The van der Waals surface area contributed by atoms with Crippen LogP contribution in [0.2, 0.25) is 0 Å². The molecule has 3 rings (SSSR count). The molecule has 0 saturated heterocycles. The SMILES string of the molecule is CCCCCCC(C(=O)O)n1cnc(NC(=O)c2c(O)ccc3ccccc23)c1. The molecule has 0 fully saturated rings. The normalized spacial score (nSPS) is 12.0. The monoisotopic (exact) mass is 395 g/mol. The summed E-state index contributed by atoms with van der Waals surface area (Å²) in [6, 6.07) is 9.77. The van der Waals surface area contributed by atoms with Crippen LogP contribution in [0, 0.1) is 0 Å². The molecule has 3 aromatic rings. The smallest absolute Gasteiger partial charge is 0.326 e. The number of benzene rings is 2. The molecule has 1 aromatic heterocycles. The van der Waals surface area contributed by atoms with Gasteiger partial charge in [-0.05, 0) is 23.3 Å². The predicted octanol–water partition coefficient (Wildman–Crippen LogP) is 4.59. The van der Waals surface area contributed by atoms with Crippen molar-refractivity contribution < 1.29 is 19.8 Å². The zero-order valence-corrected chi connectivity index (χ0v) is 16.3. The van der Waals surface area contributed by atoms with Crippen LogP contribution in [0.25, 0.3) is 10.8 Å². The van der Waals surface area contributed by atoms with Gasteiger partial charge in [0.15, 0.2) is 5.82 Å². The number of hydrogen-bond donors (Lipinski definition) is 3. The lowest BCUT2D eigenvalue weighted by Gasteiger charge is -2.13. The van der Waals surface area contributed by atoms with Gasteiger partial charge in [-0.1, -0.05) is 62.9 Å². The van der Waals surface area contributed by atoms with E-state index in [4.69, 9.17) is 0 Å². The van der Waals surface area contributed by atoms with Crippen LogP contribution in [-0.4, -0.2) is 31.6 Å². The highest BCUT2D eigenvalue weighted by atomic mass is 16.4. The van der Waals surface area contributed by atoms with E-state index in [-0.39, 0.29) is 17.1 Å². The second kappa shape index (κ2) is 9.23. The van der Waals surface area contributed by atoms with Crippen LogP contribution in [0.1, 0.15) is 55.4 Å². The van der Waals surface area contributed by atoms with Crippen LogP contribution in [0.3, 0.4) is 0 Å². The van der Waals surface area contributed by atoms with Crippen molar-refractivity contribution in [2.45, 2.75) is 45.1 Å². The van der Waals surface area contributed by atoms with Crippen LogP contribution >= 0.6 is 0 Å². The van der Waals surface area contributed by atoms with E-state index in [1.807, 2.05) is 12.1 Å². The molecule has 0 bridgehead atoms. The number of rotatable bonds is 9. The van der Waals surface area contributed by atoms with E-state index >= 15 is 0 Å². The van der Waals surface area contributed by atoms with E-state index in [0.29, 0.717) is 11.8 Å². The first-order valence-electron chi connectivity index (χ1n) is 9.79. The zero-order valence-electron chi connectivity index (χ0n) is 16.3. The minimum absolute atomic E-state index is 0.125. The molecule has 2 aromatic carbocycles. The summed E-state index contributed by atoms with van der Waals surface area (Å²) in [5, 5.41) is 23.9. The molecule has 0 spiro atoms. The highest BCUT2D eigenvalue weighted by molar-refractivity contribution is 6.14. The second-order valence-corrected chi connectivity index (χ2v) is 7.04. The highest BCUT2D eigenvalue weighted by Gasteiger charge is 2.21. The number of carboxylic acids is 1. The van der Waals surface area contributed by atoms with E-state index in [1.165, 1.54) is 23.2 Å². The van der Waals surface area contributed by atoms with E-state index in [1.54, 1.807) is 18.2 Å². The topological polar surface area (TPSA) is 104 Å². The third-order valence-electron chi connectivity index (χ3n) is 4.95. The number of imidazole rings is 1. The molecule has 7 nitrogen and oxygen atoms in total. The Morgan fingerprint density at radius 1 is 1.14 bits per heavy atom. The van der Waals surface area contributed by atoms with Gasteiger partial charge in [0.1, 0.15) is 11.8 Å². The Labute approximate surface area is 169 Å². The van der Waals surface area contributed by atoms with Gasteiger partial charge in [0.2, 0.25) is 0 Å². The lowest BCUT2D eigenvalue weighted by Crippen LogP contribution is -2.18. The van der Waals surface area contributed by atoms with Crippen molar-refractivity contribution in [2.24, 2.45) is 0 Å². The van der Waals surface area contributed by atoms with Crippen LogP contribution < -0.4 is 5.32 Å². The highest BCUT2D eigenvalue weighted by Crippen LogP contribution is 2.28. The van der Waals surface area contributed by atoms with Gasteiger partial charge in [-0.15, -0.1) is 0 Å². The molecular formula is C22H25N3O4. The molecule has 1 atom stereocenters. The standard InChI is InChI=1S/C22H25N3O4/c1-2-3-4-5-10-17(22(28)29)25-13-19(23-14-25)24-21(27)20-16-9-7-6-8-15(16)11-12-18(20)26/h6-9,11-14,17,26H,2-5,10H2,1H3,(H,24,27)(H,28,29). The summed E-state index contributed by atoms with van der Waals surface area (Å²) in [5.41, 5.74) is 0.159. The first kappa shape index (κ1) is 20.4. The third kappa shape index (κ3) is 4.74. The molecule has 0 aliphatic carbocycles. The van der Waals surface area contributed by atoms with Crippen LogP contribution in [0.4, 0.5) is 5.82 Å². The van der Waals surface area contributed by atoms with Gasteiger partial charge in [0.05, 0.1) is 11.9 Å². The molecule has 7 heteroatoms.